The zero-order valence-electron chi connectivity index (χ0n) is 10.8. The van der Waals surface area contributed by atoms with Crippen molar-refractivity contribution in [3.63, 3.8) is 0 Å². The van der Waals surface area contributed by atoms with E-state index in [0.29, 0.717) is 0 Å². The van der Waals surface area contributed by atoms with Gasteiger partial charge in [-0.25, -0.2) is 4.39 Å². The first-order valence-corrected chi connectivity index (χ1v) is 6.87. The van der Waals surface area contributed by atoms with Crippen LogP contribution in [0, 0.1) is 11.7 Å². The molecular formula is C15H18FNO2. The van der Waals surface area contributed by atoms with Crippen molar-refractivity contribution < 1.29 is 14.3 Å². The second kappa shape index (κ2) is 4.93. The van der Waals surface area contributed by atoms with Gasteiger partial charge in [0.05, 0.1) is 12.6 Å². The van der Waals surface area contributed by atoms with E-state index in [2.05, 4.69) is 0 Å². The number of aliphatic hydroxyl groups excluding tert-OH is 1. The smallest absolute Gasteiger partial charge is 0.226 e. The fourth-order valence-corrected chi connectivity index (χ4v) is 3.07. The number of aliphatic hydroxyl groups is 1. The summed E-state index contributed by atoms with van der Waals surface area (Å²) in [5.74, 6) is 0.170. The number of amides is 1. The van der Waals surface area contributed by atoms with Gasteiger partial charge in [0.25, 0.3) is 0 Å². The first-order valence-electron chi connectivity index (χ1n) is 6.87. The molecule has 3 nitrogen and oxygen atoms in total. The lowest BCUT2D eigenvalue weighted by atomic mass is 10.1. The van der Waals surface area contributed by atoms with E-state index in [0.717, 1.165) is 31.4 Å². The Labute approximate surface area is 112 Å². The topological polar surface area (TPSA) is 40.5 Å². The predicted octanol–water partition coefficient (Wildman–Crippen LogP) is 1.91. The molecule has 0 radical (unpaired) electrons. The normalized spacial score (nSPS) is 29.6. The third-order valence-corrected chi connectivity index (χ3v) is 4.28. The molecule has 0 aromatic heterocycles. The van der Waals surface area contributed by atoms with Crippen LogP contribution in [0.4, 0.5) is 4.39 Å². The first kappa shape index (κ1) is 12.6. The summed E-state index contributed by atoms with van der Waals surface area (Å²) in [5, 5.41) is 9.27. The van der Waals surface area contributed by atoms with Crippen LogP contribution in [0.5, 0.6) is 0 Å². The van der Waals surface area contributed by atoms with Gasteiger partial charge in [-0.15, -0.1) is 0 Å². The van der Waals surface area contributed by atoms with Gasteiger partial charge < -0.3 is 10.0 Å². The van der Waals surface area contributed by atoms with Gasteiger partial charge in [0.1, 0.15) is 5.82 Å². The van der Waals surface area contributed by atoms with Crippen LogP contribution in [0.3, 0.4) is 0 Å². The maximum atomic E-state index is 12.9. The molecule has 4 heteroatoms. The third kappa shape index (κ3) is 2.37. The van der Waals surface area contributed by atoms with Crippen LogP contribution in [0.25, 0.3) is 0 Å². The monoisotopic (exact) mass is 263 g/mol. The van der Waals surface area contributed by atoms with Gasteiger partial charge in [-0.05, 0) is 42.9 Å². The summed E-state index contributed by atoms with van der Waals surface area (Å²) in [6.07, 6.45) is 2.72. The second-order valence-electron chi connectivity index (χ2n) is 5.51. The van der Waals surface area contributed by atoms with E-state index in [-0.39, 0.29) is 36.2 Å². The highest BCUT2D eigenvalue weighted by molar-refractivity contribution is 5.83. The number of hydrogen-bond donors (Lipinski definition) is 1. The van der Waals surface area contributed by atoms with Crippen molar-refractivity contribution in [1.82, 2.24) is 4.90 Å². The molecule has 1 N–H and O–H groups in total. The van der Waals surface area contributed by atoms with Gasteiger partial charge in [0.2, 0.25) is 5.91 Å². The quantitative estimate of drug-likeness (QED) is 0.905. The number of likely N-dealkylation sites (tertiary alicyclic amines) is 1. The van der Waals surface area contributed by atoms with Crippen molar-refractivity contribution in [3.8, 4) is 0 Å². The second-order valence-corrected chi connectivity index (χ2v) is 5.51. The van der Waals surface area contributed by atoms with E-state index in [9.17, 15) is 14.3 Å². The lowest BCUT2D eigenvalue weighted by Gasteiger charge is -2.23. The Morgan fingerprint density at radius 1 is 1.37 bits per heavy atom. The van der Waals surface area contributed by atoms with Gasteiger partial charge in [-0.3, -0.25) is 4.79 Å². The summed E-state index contributed by atoms with van der Waals surface area (Å²) in [6.45, 7) is 0.816. The van der Waals surface area contributed by atoms with Crippen LogP contribution < -0.4 is 0 Å². The number of hydrogen-bond acceptors (Lipinski definition) is 2. The van der Waals surface area contributed by atoms with Crippen LogP contribution >= 0.6 is 0 Å². The van der Waals surface area contributed by atoms with Crippen molar-refractivity contribution in [1.29, 1.82) is 0 Å². The maximum Gasteiger partial charge on any atom is 0.226 e. The van der Waals surface area contributed by atoms with Crippen LogP contribution in [0.15, 0.2) is 24.3 Å². The Hall–Kier alpha value is -1.42. The summed E-state index contributed by atoms with van der Waals surface area (Å²) in [7, 11) is 0. The maximum absolute atomic E-state index is 12.9. The molecule has 1 saturated heterocycles. The molecule has 1 saturated carbocycles. The van der Waals surface area contributed by atoms with Gasteiger partial charge in [-0.1, -0.05) is 12.1 Å². The van der Waals surface area contributed by atoms with Gasteiger partial charge in [0, 0.05) is 12.5 Å². The molecular weight excluding hydrogens is 245 g/mol. The fraction of sp³-hybridized carbons (Fsp3) is 0.533. The van der Waals surface area contributed by atoms with Crippen LogP contribution in [0.1, 0.15) is 30.7 Å². The number of carbonyl (C=O) groups excluding carboxylic acids is 1. The summed E-state index contributed by atoms with van der Waals surface area (Å²) < 4.78 is 12.9. The Morgan fingerprint density at radius 3 is 2.79 bits per heavy atom. The SMILES string of the molecule is O=C(C1CC1c1ccc(F)cc1)N1CCC[C@@H]1CO. The fourth-order valence-electron chi connectivity index (χ4n) is 3.07. The molecule has 1 amide bonds. The molecule has 2 unspecified atom stereocenters. The van der Waals surface area contributed by atoms with Crippen molar-refractivity contribution in [2.75, 3.05) is 13.2 Å². The molecule has 1 heterocycles. The Morgan fingerprint density at radius 2 is 2.11 bits per heavy atom. The molecule has 1 aromatic carbocycles. The van der Waals surface area contributed by atoms with Crippen molar-refractivity contribution in [2.24, 2.45) is 5.92 Å². The molecule has 102 valence electrons. The van der Waals surface area contributed by atoms with E-state index < -0.39 is 0 Å². The lowest BCUT2D eigenvalue weighted by molar-refractivity contribution is -0.134. The average Bonchev–Trinajstić information content (AvgIpc) is 3.07. The molecule has 1 aliphatic heterocycles. The molecule has 1 aliphatic carbocycles. The van der Waals surface area contributed by atoms with E-state index in [1.54, 1.807) is 12.1 Å². The largest absolute Gasteiger partial charge is 0.394 e. The summed E-state index contributed by atoms with van der Waals surface area (Å²) in [6, 6.07) is 6.42. The standard InChI is InChI=1S/C15H18FNO2/c16-11-5-3-10(4-6-11)13-8-14(13)15(19)17-7-1-2-12(17)9-18/h3-6,12-14,18H,1-2,7-9H2/t12-,13?,14?/m1/s1. The molecule has 1 aromatic rings. The predicted molar refractivity (Wildman–Crippen MR) is 69.1 cm³/mol. The highest BCUT2D eigenvalue weighted by Crippen LogP contribution is 2.49. The zero-order valence-corrected chi connectivity index (χ0v) is 10.8. The summed E-state index contributed by atoms with van der Waals surface area (Å²) >= 11 is 0. The highest BCUT2D eigenvalue weighted by Gasteiger charge is 2.47. The van der Waals surface area contributed by atoms with Crippen molar-refractivity contribution in [2.45, 2.75) is 31.2 Å². The first-order chi connectivity index (χ1) is 9.20. The highest BCUT2D eigenvalue weighted by atomic mass is 19.1. The molecule has 0 spiro atoms. The molecule has 0 bridgehead atoms. The minimum absolute atomic E-state index is 0.00182. The van der Waals surface area contributed by atoms with E-state index in [1.807, 2.05) is 4.90 Å². The van der Waals surface area contributed by atoms with E-state index in [1.165, 1.54) is 12.1 Å². The molecule has 3 rings (SSSR count). The third-order valence-electron chi connectivity index (χ3n) is 4.28. The van der Waals surface area contributed by atoms with E-state index >= 15 is 0 Å². The van der Waals surface area contributed by atoms with Crippen molar-refractivity contribution in [3.05, 3.63) is 35.6 Å². The molecule has 3 atom stereocenters. The Bertz CT molecular complexity index is 474. The number of carbonyl (C=O) groups is 1. The van der Waals surface area contributed by atoms with Gasteiger partial charge in [-0.2, -0.15) is 0 Å². The zero-order chi connectivity index (χ0) is 13.4. The lowest BCUT2D eigenvalue weighted by Crippen LogP contribution is -2.38. The number of benzene rings is 1. The van der Waals surface area contributed by atoms with Crippen LogP contribution in [-0.4, -0.2) is 35.1 Å². The minimum atomic E-state index is -0.243. The summed E-state index contributed by atoms with van der Waals surface area (Å²) in [4.78, 5) is 14.2. The number of halogens is 1. The van der Waals surface area contributed by atoms with Gasteiger partial charge in [0.15, 0.2) is 0 Å². The minimum Gasteiger partial charge on any atom is -0.394 e. The molecule has 2 fully saturated rings. The Balaban J connectivity index is 1.66. The van der Waals surface area contributed by atoms with E-state index in [4.69, 9.17) is 0 Å². The summed E-state index contributed by atoms with van der Waals surface area (Å²) in [5.41, 5.74) is 1.04. The van der Waals surface area contributed by atoms with Crippen molar-refractivity contribution >= 4 is 5.91 Å². The Kier molecular flexibility index (Phi) is 3.27. The van der Waals surface area contributed by atoms with Gasteiger partial charge >= 0.3 is 0 Å². The number of nitrogens with zero attached hydrogens (tertiary/aromatic N) is 1. The molecule has 19 heavy (non-hydrogen) atoms. The average molecular weight is 263 g/mol. The number of rotatable bonds is 3. The van der Waals surface area contributed by atoms with Crippen LogP contribution in [-0.2, 0) is 4.79 Å². The molecule has 2 aliphatic rings. The van der Waals surface area contributed by atoms with Crippen LogP contribution in [0.2, 0.25) is 0 Å².